The maximum atomic E-state index is 4.50. The molecule has 0 aliphatic carbocycles. The Morgan fingerprint density at radius 2 is 1.95 bits per heavy atom. The van der Waals surface area contributed by atoms with E-state index < -0.39 is 0 Å². The van der Waals surface area contributed by atoms with E-state index in [9.17, 15) is 0 Å². The van der Waals surface area contributed by atoms with Crippen molar-refractivity contribution in [3.05, 3.63) is 23.5 Å². The Kier molecular flexibility index (Phi) is 4.15. The molecule has 1 atom stereocenters. The van der Waals surface area contributed by atoms with Gasteiger partial charge in [0.25, 0.3) is 0 Å². The number of aryl methyl sites for hydroxylation is 1. The van der Waals surface area contributed by atoms with E-state index in [4.69, 9.17) is 0 Å². The first-order valence-electron chi connectivity index (χ1n) is 7.44. The first-order chi connectivity index (χ1) is 10.5. The Bertz CT molecular complexity index is 640. The smallest absolute Gasteiger partial charge is 0.185 e. The molecule has 2 aromatic rings. The molecule has 0 N–H and O–H groups in total. The topological polar surface area (TPSA) is 48.4 Å². The summed E-state index contributed by atoms with van der Waals surface area (Å²) in [5.74, 6) is 1.91. The molecule has 6 nitrogen and oxygen atoms in total. The summed E-state index contributed by atoms with van der Waals surface area (Å²) in [5.41, 5.74) is 0. The summed E-state index contributed by atoms with van der Waals surface area (Å²) in [6.45, 7) is 4.14. The Morgan fingerprint density at radius 3 is 2.64 bits per heavy atom. The van der Waals surface area contributed by atoms with Crippen molar-refractivity contribution in [2.75, 3.05) is 48.9 Å². The highest BCUT2D eigenvalue weighted by molar-refractivity contribution is 7.15. The molecule has 1 aliphatic rings. The highest BCUT2D eigenvalue weighted by Crippen LogP contribution is 2.28. The Morgan fingerprint density at radius 1 is 1.18 bits per heavy atom. The summed E-state index contributed by atoms with van der Waals surface area (Å²) in [6.07, 6.45) is 4.71. The fourth-order valence-electron chi connectivity index (χ4n) is 2.68. The summed E-state index contributed by atoms with van der Waals surface area (Å²) in [7, 11) is 6.10. The summed E-state index contributed by atoms with van der Waals surface area (Å²) in [4.78, 5) is 21.1. The van der Waals surface area contributed by atoms with Gasteiger partial charge in [-0.25, -0.2) is 15.0 Å². The molecule has 3 rings (SSSR count). The van der Waals surface area contributed by atoms with Crippen LogP contribution in [0.25, 0.3) is 0 Å². The van der Waals surface area contributed by atoms with Gasteiger partial charge in [-0.3, -0.25) is 0 Å². The summed E-state index contributed by atoms with van der Waals surface area (Å²) in [5, 5.41) is 1.13. The third kappa shape index (κ3) is 2.99. The van der Waals surface area contributed by atoms with E-state index in [1.54, 1.807) is 17.7 Å². The highest BCUT2D eigenvalue weighted by Gasteiger charge is 2.28. The van der Waals surface area contributed by atoms with E-state index in [0.29, 0.717) is 6.04 Å². The van der Waals surface area contributed by atoms with Gasteiger partial charge in [0.1, 0.15) is 18.0 Å². The molecule has 0 amide bonds. The lowest BCUT2D eigenvalue weighted by Crippen LogP contribution is -2.35. The normalized spacial score (nSPS) is 17.8. The zero-order valence-electron chi connectivity index (χ0n) is 13.5. The van der Waals surface area contributed by atoms with E-state index in [2.05, 4.69) is 38.7 Å². The number of thiazole rings is 1. The number of hydrogen-bond acceptors (Lipinski definition) is 7. The number of rotatable bonds is 4. The standard InChI is InChI=1S/C15H22N6S/c1-11-8-16-15(22-11)21-6-5-12(9-21)20(4)14-7-13(19(2)3)17-10-18-14/h7-8,10,12H,5-6,9H2,1-4H3. The second-order valence-corrected chi connectivity index (χ2v) is 7.09. The third-order valence-electron chi connectivity index (χ3n) is 4.05. The first-order valence-corrected chi connectivity index (χ1v) is 8.26. The fraction of sp³-hybridized carbons (Fsp3) is 0.533. The molecule has 0 bridgehead atoms. The lowest BCUT2D eigenvalue weighted by Gasteiger charge is -2.26. The third-order valence-corrected chi connectivity index (χ3v) is 5.02. The van der Waals surface area contributed by atoms with Gasteiger partial charge in [0, 0.05) is 57.4 Å². The van der Waals surface area contributed by atoms with E-state index in [-0.39, 0.29) is 0 Å². The summed E-state index contributed by atoms with van der Waals surface area (Å²) in [6, 6.07) is 2.49. The predicted molar refractivity (Wildman–Crippen MR) is 92.2 cm³/mol. The van der Waals surface area contributed by atoms with Crippen molar-refractivity contribution < 1.29 is 0 Å². The zero-order chi connectivity index (χ0) is 15.7. The van der Waals surface area contributed by atoms with Gasteiger partial charge in [-0.1, -0.05) is 0 Å². The van der Waals surface area contributed by atoms with Crippen molar-refractivity contribution in [3.63, 3.8) is 0 Å². The minimum Gasteiger partial charge on any atom is -0.363 e. The van der Waals surface area contributed by atoms with Crippen LogP contribution in [0, 0.1) is 6.92 Å². The van der Waals surface area contributed by atoms with Crippen LogP contribution in [0.15, 0.2) is 18.6 Å². The van der Waals surface area contributed by atoms with Crippen LogP contribution >= 0.6 is 11.3 Å². The van der Waals surface area contributed by atoms with E-state index >= 15 is 0 Å². The second kappa shape index (κ2) is 6.08. The average Bonchev–Trinajstić information content (AvgIpc) is 3.15. The summed E-state index contributed by atoms with van der Waals surface area (Å²) < 4.78 is 0. The van der Waals surface area contributed by atoms with Gasteiger partial charge < -0.3 is 14.7 Å². The fourth-order valence-corrected chi connectivity index (χ4v) is 3.48. The molecule has 7 heteroatoms. The summed E-state index contributed by atoms with van der Waals surface area (Å²) >= 11 is 1.76. The molecule has 1 unspecified atom stereocenters. The van der Waals surface area contributed by atoms with Crippen LogP contribution in [0.1, 0.15) is 11.3 Å². The zero-order valence-corrected chi connectivity index (χ0v) is 14.3. The largest absolute Gasteiger partial charge is 0.363 e. The van der Waals surface area contributed by atoms with Gasteiger partial charge in [0.05, 0.1) is 0 Å². The molecule has 1 fully saturated rings. The Labute approximate surface area is 135 Å². The maximum absolute atomic E-state index is 4.50. The molecule has 0 radical (unpaired) electrons. The van der Waals surface area contributed by atoms with Crippen LogP contribution in [0.2, 0.25) is 0 Å². The number of hydrogen-bond donors (Lipinski definition) is 0. The van der Waals surface area contributed by atoms with Gasteiger partial charge in [0.2, 0.25) is 0 Å². The van der Waals surface area contributed by atoms with Gasteiger partial charge in [-0.05, 0) is 13.3 Å². The Hall–Kier alpha value is -1.89. The number of nitrogens with zero attached hydrogens (tertiary/aromatic N) is 6. The molecule has 22 heavy (non-hydrogen) atoms. The minimum atomic E-state index is 0.453. The van der Waals surface area contributed by atoms with Gasteiger partial charge >= 0.3 is 0 Å². The number of anilines is 3. The van der Waals surface area contributed by atoms with Crippen LogP contribution in [0.5, 0.6) is 0 Å². The predicted octanol–water partition coefficient (Wildman–Crippen LogP) is 2.02. The Balaban J connectivity index is 1.71. The van der Waals surface area contributed by atoms with Gasteiger partial charge in [-0.2, -0.15) is 0 Å². The maximum Gasteiger partial charge on any atom is 0.185 e. The van der Waals surface area contributed by atoms with Crippen molar-refractivity contribution in [2.45, 2.75) is 19.4 Å². The van der Waals surface area contributed by atoms with Gasteiger partial charge in [0.15, 0.2) is 5.13 Å². The van der Waals surface area contributed by atoms with E-state index in [1.807, 2.05) is 31.3 Å². The van der Waals surface area contributed by atoms with Crippen molar-refractivity contribution in [1.82, 2.24) is 15.0 Å². The molecule has 2 aromatic heterocycles. The number of aromatic nitrogens is 3. The monoisotopic (exact) mass is 318 g/mol. The molecule has 0 aromatic carbocycles. The van der Waals surface area contributed by atoms with Crippen molar-refractivity contribution in [2.24, 2.45) is 0 Å². The quantitative estimate of drug-likeness (QED) is 0.859. The van der Waals surface area contributed by atoms with E-state index in [0.717, 1.165) is 36.3 Å². The molecule has 0 saturated carbocycles. The van der Waals surface area contributed by atoms with Crippen molar-refractivity contribution in [1.29, 1.82) is 0 Å². The highest BCUT2D eigenvalue weighted by atomic mass is 32.1. The second-order valence-electron chi connectivity index (χ2n) is 5.88. The van der Waals surface area contributed by atoms with Crippen LogP contribution < -0.4 is 14.7 Å². The van der Waals surface area contributed by atoms with E-state index in [1.165, 1.54) is 4.88 Å². The van der Waals surface area contributed by atoms with Crippen molar-refractivity contribution >= 4 is 28.1 Å². The molecule has 118 valence electrons. The van der Waals surface area contributed by atoms with Gasteiger partial charge in [-0.15, -0.1) is 11.3 Å². The molecular weight excluding hydrogens is 296 g/mol. The molecule has 3 heterocycles. The van der Waals surface area contributed by atoms with Crippen LogP contribution in [0.4, 0.5) is 16.8 Å². The lowest BCUT2D eigenvalue weighted by atomic mass is 10.2. The average molecular weight is 318 g/mol. The van der Waals surface area contributed by atoms with Crippen LogP contribution in [-0.2, 0) is 0 Å². The molecular formula is C15H22N6S. The van der Waals surface area contributed by atoms with Crippen molar-refractivity contribution in [3.8, 4) is 0 Å². The first kappa shape index (κ1) is 15.0. The minimum absolute atomic E-state index is 0.453. The van der Waals surface area contributed by atoms with Crippen LogP contribution in [0.3, 0.4) is 0 Å². The van der Waals surface area contributed by atoms with Crippen LogP contribution in [-0.4, -0.2) is 55.2 Å². The molecule has 1 aliphatic heterocycles. The lowest BCUT2D eigenvalue weighted by molar-refractivity contribution is 0.683. The molecule has 1 saturated heterocycles. The number of likely N-dealkylation sites (N-methyl/N-ethyl adjacent to an activating group) is 1. The molecule has 0 spiro atoms. The SMILES string of the molecule is Cc1cnc(N2CCC(N(C)c3cc(N(C)C)ncn3)C2)s1.